The van der Waals surface area contributed by atoms with Gasteiger partial charge in [0.15, 0.2) is 0 Å². The molecule has 6 heteroatoms. The molecule has 0 aliphatic heterocycles. The molecule has 0 atom stereocenters. The molecule has 26 heavy (non-hydrogen) atoms. The van der Waals surface area contributed by atoms with Gasteiger partial charge in [0.05, 0.1) is 5.02 Å². The fraction of sp³-hybridized carbons (Fsp3) is 0.100. The number of rotatable bonds is 4. The highest BCUT2D eigenvalue weighted by atomic mass is 35.5. The van der Waals surface area contributed by atoms with Gasteiger partial charge in [0.1, 0.15) is 5.82 Å². The van der Waals surface area contributed by atoms with Crippen molar-refractivity contribution in [2.75, 3.05) is 11.9 Å². The molecule has 0 aliphatic rings. The number of hydrogen-bond acceptors (Lipinski definition) is 2. The van der Waals surface area contributed by atoms with Crippen molar-refractivity contribution in [3.63, 3.8) is 0 Å². The highest BCUT2D eigenvalue weighted by Crippen LogP contribution is 2.33. The van der Waals surface area contributed by atoms with Gasteiger partial charge in [0.25, 0.3) is 0 Å². The van der Waals surface area contributed by atoms with Gasteiger partial charge < -0.3 is 16.0 Å². The largest absolute Gasteiger partial charge is 0.355 e. The Kier molecular flexibility index (Phi) is 4.49. The smallest absolute Gasteiger partial charge is 0.143 e. The van der Waals surface area contributed by atoms with Crippen LogP contribution in [0.15, 0.2) is 48.5 Å². The van der Waals surface area contributed by atoms with E-state index in [4.69, 9.17) is 28.9 Å². The predicted molar refractivity (Wildman–Crippen MR) is 108 cm³/mol. The Hall–Kier alpha value is -2.27. The van der Waals surface area contributed by atoms with Gasteiger partial charge in [-0.2, -0.15) is 0 Å². The summed E-state index contributed by atoms with van der Waals surface area (Å²) in [5, 5.41) is 6.11. The fourth-order valence-corrected chi connectivity index (χ4v) is 3.50. The Morgan fingerprint density at radius 2 is 1.81 bits per heavy atom. The van der Waals surface area contributed by atoms with E-state index in [1.807, 2.05) is 30.3 Å². The topological polar surface area (TPSA) is 53.8 Å². The van der Waals surface area contributed by atoms with E-state index in [0.717, 1.165) is 39.5 Å². The van der Waals surface area contributed by atoms with Crippen LogP contribution in [0.5, 0.6) is 0 Å². The first-order chi connectivity index (χ1) is 12.5. The second-order valence-corrected chi connectivity index (χ2v) is 7.01. The van der Waals surface area contributed by atoms with E-state index < -0.39 is 5.82 Å². The summed E-state index contributed by atoms with van der Waals surface area (Å²) in [5.74, 6) is -0.459. The second-order valence-electron chi connectivity index (χ2n) is 6.17. The molecule has 0 fully saturated rings. The Labute approximate surface area is 159 Å². The molecule has 4 rings (SSSR count). The Morgan fingerprint density at radius 1 is 0.962 bits per heavy atom. The number of anilines is 2. The number of nitrogens with one attached hydrogen (secondary N) is 2. The van der Waals surface area contributed by atoms with Crippen LogP contribution < -0.4 is 11.1 Å². The van der Waals surface area contributed by atoms with E-state index in [-0.39, 0.29) is 5.02 Å². The van der Waals surface area contributed by atoms with E-state index in [1.54, 1.807) is 6.07 Å². The van der Waals surface area contributed by atoms with E-state index in [2.05, 4.69) is 10.3 Å². The zero-order valence-corrected chi connectivity index (χ0v) is 15.3. The standard InChI is InChI=1S/C20H16Cl2FN3/c21-12-1-4-19-15(8-12)16-9-14(7-11(5-6-24)20(16)26-19)25-13-2-3-17(22)18(23)10-13/h1-4,7-10,25-26H,5-6,24H2. The summed E-state index contributed by atoms with van der Waals surface area (Å²) >= 11 is 11.9. The van der Waals surface area contributed by atoms with E-state index in [0.29, 0.717) is 17.3 Å². The zero-order valence-electron chi connectivity index (χ0n) is 13.7. The number of aromatic nitrogens is 1. The lowest BCUT2D eigenvalue weighted by Gasteiger charge is -2.10. The van der Waals surface area contributed by atoms with Gasteiger partial charge in [-0.15, -0.1) is 0 Å². The molecule has 0 unspecified atom stereocenters. The first-order valence-electron chi connectivity index (χ1n) is 8.21. The van der Waals surface area contributed by atoms with Crippen molar-refractivity contribution >= 4 is 56.4 Å². The number of benzene rings is 3. The number of nitrogens with two attached hydrogens (primary N) is 1. The molecule has 0 radical (unpaired) electrons. The number of H-pyrrole nitrogens is 1. The summed E-state index contributed by atoms with van der Waals surface area (Å²) < 4.78 is 13.7. The van der Waals surface area contributed by atoms with Crippen LogP contribution in [0, 0.1) is 5.82 Å². The van der Waals surface area contributed by atoms with Gasteiger partial charge in [-0.1, -0.05) is 23.2 Å². The lowest BCUT2D eigenvalue weighted by Crippen LogP contribution is -2.04. The molecule has 3 aromatic carbocycles. The number of halogens is 3. The molecule has 0 saturated carbocycles. The first-order valence-corrected chi connectivity index (χ1v) is 8.97. The van der Waals surface area contributed by atoms with Gasteiger partial charge in [0.2, 0.25) is 0 Å². The molecule has 0 bridgehead atoms. The van der Waals surface area contributed by atoms with Crippen molar-refractivity contribution in [2.45, 2.75) is 6.42 Å². The van der Waals surface area contributed by atoms with Crippen LogP contribution in [-0.4, -0.2) is 11.5 Å². The lowest BCUT2D eigenvalue weighted by atomic mass is 10.0. The summed E-state index contributed by atoms with van der Waals surface area (Å²) in [5.41, 5.74) is 10.4. The van der Waals surface area contributed by atoms with E-state index in [1.165, 1.54) is 12.1 Å². The van der Waals surface area contributed by atoms with Gasteiger partial charge in [-0.25, -0.2) is 4.39 Å². The summed E-state index contributed by atoms with van der Waals surface area (Å²) in [7, 11) is 0. The Balaban J connectivity index is 1.87. The SMILES string of the molecule is NCCc1cc(Nc2ccc(Cl)c(F)c2)cc2c1[nH]c1ccc(Cl)cc12. The quantitative estimate of drug-likeness (QED) is 0.401. The molecule has 1 aromatic heterocycles. The van der Waals surface area contributed by atoms with Crippen molar-refractivity contribution in [1.29, 1.82) is 0 Å². The molecule has 0 saturated heterocycles. The molecule has 3 nitrogen and oxygen atoms in total. The fourth-order valence-electron chi connectivity index (χ4n) is 3.21. The predicted octanol–water partition coefficient (Wildman–Crippen LogP) is 6.01. The minimum atomic E-state index is -0.459. The average Bonchev–Trinajstić information content (AvgIpc) is 2.97. The normalized spacial score (nSPS) is 11.4. The summed E-state index contributed by atoms with van der Waals surface area (Å²) in [6, 6.07) is 14.5. The minimum absolute atomic E-state index is 0.0982. The molecule has 0 spiro atoms. The monoisotopic (exact) mass is 387 g/mol. The van der Waals surface area contributed by atoms with Gasteiger partial charge in [-0.05, 0) is 67.1 Å². The van der Waals surface area contributed by atoms with Crippen LogP contribution in [0.4, 0.5) is 15.8 Å². The second kappa shape index (κ2) is 6.80. The van der Waals surface area contributed by atoms with Crippen molar-refractivity contribution in [2.24, 2.45) is 5.73 Å². The van der Waals surface area contributed by atoms with Crippen LogP contribution in [0.3, 0.4) is 0 Å². The molecular weight excluding hydrogens is 372 g/mol. The number of hydrogen-bond donors (Lipinski definition) is 3. The molecule has 0 amide bonds. The first kappa shape index (κ1) is 17.2. The molecule has 0 aliphatic carbocycles. The molecule has 4 aromatic rings. The van der Waals surface area contributed by atoms with Crippen LogP contribution in [0.2, 0.25) is 10.0 Å². The third-order valence-corrected chi connectivity index (χ3v) is 4.92. The zero-order chi connectivity index (χ0) is 18.3. The summed E-state index contributed by atoms with van der Waals surface area (Å²) in [4.78, 5) is 3.45. The van der Waals surface area contributed by atoms with E-state index in [9.17, 15) is 4.39 Å². The number of aromatic amines is 1. The lowest BCUT2D eigenvalue weighted by molar-refractivity contribution is 0.629. The van der Waals surface area contributed by atoms with Gasteiger partial charge in [-0.3, -0.25) is 0 Å². The van der Waals surface area contributed by atoms with Crippen LogP contribution in [0.25, 0.3) is 21.8 Å². The number of fused-ring (bicyclic) bond motifs is 3. The highest BCUT2D eigenvalue weighted by Gasteiger charge is 2.11. The average molecular weight is 388 g/mol. The van der Waals surface area contributed by atoms with Crippen molar-refractivity contribution in [3.05, 3.63) is 70.0 Å². The van der Waals surface area contributed by atoms with Crippen molar-refractivity contribution in [1.82, 2.24) is 4.98 Å². The third kappa shape index (κ3) is 3.12. The molecular formula is C20H16Cl2FN3. The van der Waals surface area contributed by atoms with Gasteiger partial charge >= 0.3 is 0 Å². The van der Waals surface area contributed by atoms with Crippen LogP contribution in [-0.2, 0) is 6.42 Å². The van der Waals surface area contributed by atoms with E-state index >= 15 is 0 Å². The van der Waals surface area contributed by atoms with Crippen molar-refractivity contribution < 1.29 is 4.39 Å². The third-order valence-electron chi connectivity index (χ3n) is 4.37. The van der Waals surface area contributed by atoms with Crippen LogP contribution in [0.1, 0.15) is 5.56 Å². The molecule has 1 heterocycles. The van der Waals surface area contributed by atoms with Crippen molar-refractivity contribution in [3.8, 4) is 0 Å². The van der Waals surface area contributed by atoms with Crippen LogP contribution >= 0.6 is 23.2 Å². The maximum atomic E-state index is 13.7. The summed E-state index contributed by atoms with van der Waals surface area (Å²) in [6.45, 7) is 0.532. The summed E-state index contributed by atoms with van der Waals surface area (Å²) in [6.07, 6.45) is 0.724. The maximum Gasteiger partial charge on any atom is 0.143 e. The van der Waals surface area contributed by atoms with Gasteiger partial charge in [0, 0.05) is 38.2 Å². The minimum Gasteiger partial charge on any atom is -0.355 e. The molecule has 132 valence electrons. The highest BCUT2D eigenvalue weighted by molar-refractivity contribution is 6.32. The molecule has 4 N–H and O–H groups in total. The maximum absolute atomic E-state index is 13.7. The Bertz CT molecular complexity index is 1120. The Morgan fingerprint density at radius 3 is 2.58 bits per heavy atom.